The maximum absolute atomic E-state index is 10.8. The van der Waals surface area contributed by atoms with Crippen LogP contribution < -0.4 is 5.73 Å². The Morgan fingerprint density at radius 3 is 2.38 bits per heavy atom. The third kappa shape index (κ3) is 3.89. The van der Waals surface area contributed by atoms with Crippen molar-refractivity contribution < 1.29 is 4.79 Å². The third-order valence-electron chi connectivity index (χ3n) is 2.24. The molecule has 0 aliphatic rings. The second-order valence-corrected chi connectivity index (χ2v) is 3.19. The molecule has 0 aromatic heterocycles. The van der Waals surface area contributed by atoms with Gasteiger partial charge in [0.05, 0.1) is 6.42 Å². The Morgan fingerprint density at radius 2 is 1.94 bits per heavy atom. The van der Waals surface area contributed by atoms with Gasteiger partial charge in [0, 0.05) is 0 Å². The van der Waals surface area contributed by atoms with E-state index in [9.17, 15) is 4.79 Å². The van der Waals surface area contributed by atoms with Crippen molar-refractivity contribution in [3.05, 3.63) is 41.5 Å². The van der Waals surface area contributed by atoms with E-state index in [0.717, 1.165) is 17.5 Å². The van der Waals surface area contributed by atoms with E-state index in [1.54, 1.807) is 6.08 Å². The van der Waals surface area contributed by atoms with Gasteiger partial charge >= 0.3 is 0 Å². The summed E-state index contributed by atoms with van der Waals surface area (Å²) in [4.78, 5) is 10.8. The zero-order valence-corrected chi connectivity index (χ0v) is 10.4. The fraction of sp³-hybridized carbons (Fsp3) is 0.357. The van der Waals surface area contributed by atoms with Crippen LogP contribution in [0.4, 0.5) is 0 Å². The highest BCUT2D eigenvalue weighted by Crippen LogP contribution is 2.17. The van der Waals surface area contributed by atoms with Gasteiger partial charge in [-0.05, 0) is 23.1 Å². The van der Waals surface area contributed by atoms with Gasteiger partial charge in [0.1, 0.15) is 0 Å². The fourth-order valence-corrected chi connectivity index (χ4v) is 1.58. The SMILES string of the molecule is C=Cc1c(CC)cccc1CC(N)=O.CC. The molecule has 0 spiro atoms. The molecule has 88 valence electrons. The molecule has 0 fully saturated rings. The Morgan fingerprint density at radius 1 is 1.38 bits per heavy atom. The smallest absolute Gasteiger partial charge is 0.221 e. The standard InChI is InChI=1S/C12H15NO.C2H6/c1-3-9-6-5-7-10(8-12(13)14)11(9)4-2;1-2/h4-7H,2-3,8H2,1H3,(H2,13,14);1-2H3. The first-order valence-corrected chi connectivity index (χ1v) is 5.70. The van der Waals surface area contributed by atoms with Gasteiger partial charge in [0.15, 0.2) is 0 Å². The number of carbonyl (C=O) groups is 1. The average molecular weight is 219 g/mol. The molecule has 1 amide bonds. The summed E-state index contributed by atoms with van der Waals surface area (Å²) in [6, 6.07) is 5.91. The Kier molecular flexibility index (Phi) is 6.93. The predicted molar refractivity (Wildman–Crippen MR) is 70.2 cm³/mol. The molecule has 16 heavy (non-hydrogen) atoms. The number of aryl methyl sites for hydroxylation is 1. The molecule has 2 N–H and O–H groups in total. The normalized spacial score (nSPS) is 8.94. The highest BCUT2D eigenvalue weighted by atomic mass is 16.1. The van der Waals surface area contributed by atoms with E-state index in [1.807, 2.05) is 32.0 Å². The molecule has 0 atom stereocenters. The number of hydrogen-bond donors (Lipinski definition) is 1. The lowest BCUT2D eigenvalue weighted by Crippen LogP contribution is -2.14. The van der Waals surface area contributed by atoms with Crippen LogP contribution >= 0.6 is 0 Å². The molecule has 2 heteroatoms. The number of hydrogen-bond acceptors (Lipinski definition) is 1. The van der Waals surface area contributed by atoms with E-state index >= 15 is 0 Å². The Balaban J connectivity index is 0.00000106. The molecule has 2 nitrogen and oxygen atoms in total. The van der Waals surface area contributed by atoms with E-state index in [2.05, 4.69) is 13.5 Å². The van der Waals surface area contributed by atoms with Crippen LogP contribution in [0.3, 0.4) is 0 Å². The van der Waals surface area contributed by atoms with Crippen LogP contribution in [0.25, 0.3) is 6.08 Å². The molecule has 0 aliphatic heterocycles. The summed E-state index contributed by atoms with van der Waals surface area (Å²) in [5, 5.41) is 0. The summed E-state index contributed by atoms with van der Waals surface area (Å²) in [7, 11) is 0. The number of nitrogens with two attached hydrogens (primary N) is 1. The van der Waals surface area contributed by atoms with Crippen molar-refractivity contribution in [2.24, 2.45) is 5.73 Å². The molecule has 1 aromatic rings. The Labute approximate surface area is 98.2 Å². The van der Waals surface area contributed by atoms with E-state index in [0.29, 0.717) is 0 Å². The van der Waals surface area contributed by atoms with Gasteiger partial charge in [0.25, 0.3) is 0 Å². The highest BCUT2D eigenvalue weighted by molar-refractivity contribution is 5.78. The number of primary amides is 1. The summed E-state index contributed by atoms with van der Waals surface area (Å²) in [6.45, 7) is 9.84. The van der Waals surface area contributed by atoms with Crippen LogP contribution in [0.2, 0.25) is 0 Å². The maximum Gasteiger partial charge on any atom is 0.221 e. The minimum Gasteiger partial charge on any atom is -0.369 e. The molecule has 0 radical (unpaired) electrons. The maximum atomic E-state index is 10.8. The van der Waals surface area contributed by atoms with Gasteiger partial charge < -0.3 is 5.73 Å². The summed E-state index contributed by atoms with van der Waals surface area (Å²) in [6.07, 6.45) is 3.01. The number of carbonyl (C=O) groups excluding carboxylic acids is 1. The molecular formula is C14H21NO. The lowest BCUT2D eigenvalue weighted by Gasteiger charge is -2.08. The van der Waals surface area contributed by atoms with E-state index < -0.39 is 0 Å². The first kappa shape index (κ1) is 14.4. The van der Waals surface area contributed by atoms with Crippen molar-refractivity contribution >= 4 is 12.0 Å². The van der Waals surface area contributed by atoms with E-state index in [-0.39, 0.29) is 12.3 Å². The van der Waals surface area contributed by atoms with Gasteiger partial charge in [-0.25, -0.2) is 0 Å². The second-order valence-electron chi connectivity index (χ2n) is 3.19. The van der Waals surface area contributed by atoms with Crippen LogP contribution in [0.1, 0.15) is 37.5 Å². The second kappa shape index (κ2) is 7.69. The van der Waals surface area contributed by atoms with Crippen LogP contribution in [0, 0.1) is 0 Å². The average Bonchev–Trinajstić information content (AvgIpc) is 2.30. The van der Waals surface area contributed by atoms with Crippen molar-refractivity contribution in [2.45, 2.75) is 33.6 Å². The van der Waals surface area contributed by atoms with Gasteiger partial charge in [-0.3, -0.25) is 4.79 Å². The van der Waals surface area contributed by atoms with Crippen molar-refractivity contribution in [1.82, 2.24) is 0 Å². The Hall–Kier alpha value is -1.57. The summed E-state index contributed by atoms with van der Waals surface area (Å²) >= 11 is 0. The molecule has 0 heterocycles. The topological polar surface area (TPSA) is 43.1 Å². The zero-order valence-electron chi connectivity index (χ0n) is 10.4. The fourth-order valence-electron chi connectivity index (χ4n) is 1.58. The van der Waals surface area contributed by atoms with Crippen LogP contribution in [-0.2, 0) is 17.6 Å². The quantitative estimate of drug-likeness (QED) is 0.831. The number of rotatable bonds is 4. The summed E-state index contributed by atoms with van der Waals surface area (Å²) < 4.78 is 0. The molecule has 0 bridgehead atoms. The summed E-state index contributed by atoms with van der Waals surface area (Å²) in [5.41, 5.74) is 8.39. The zero-order chi connectivity index (χ0) is 12.6. The van der Waals surface area contributed by atoms with Crippen molar-refractivity contribution in [3.8, 4) is 0 Å². The van der Waals surface area contributed by atoms with E-state index in [1.165, 1.54) is 5.56 Å². The molecule has 0 saturated heterocycles. The van der Waals surface area contributed by atoms with Crippen molar-refractivity contribution in [1.29, 1.82) is 0 Å². The molecule has 0 saturated carbocycles. The van der Waals surface area contributed by atoms with Crippen LogP contribution in [-0.4, -0.2) is 5.91 Å². The summed E-state index contributed by atoms with van der Waals surface area (Å²) in [5.74, 6) is -0.304. The predicted octanol–water partition coefficient (Wildman–Crippen LogP) is 2.95. The van der Waals surface area contributed by atoms with Crippen molar-refractivity contribution in [3.63, 3.8) is 0 Å². The Bertz CT molecular complexity index is 356. The van der Waals surface area contributed by atoms with E-state index in [4.69, 9.17) is 5.73 Å². The number of benzene rings is 1. The van der Waals surface area contributed by atoms with Gasteiger partial charge in [-0.1, -0.05) is 51.6 Å². The third-order valence-corrected chi connectivity index (χ3v) is 2.24. The van der Waals surface area contributed by atoms with Crippen LogP contribution in [0.15, 0.2) is 24.8 Å². The van der Waals surface area contributed by atoms with Gasteiger partial charge in [0.2, 0.25) is 5.91 Å². The van der Waals surface area contributed by atoms with Gasteiger partial charge in [-0.15, -0.1) is 0 Å². The van der Waals surface area contributed by atoms with Crippen LogP contribution in [0.5, 0.6) is 0 Å². The largest absolute Gasteiger partial charge is 0.369 e. The molecule has 1 rings (SSSR count). The molecule has 0 unspecified atom stereocenters. The molecule has 1 aromatic carbocycles. The monoisotopic (exact) mass is 219 g/mol. The number of amides is 1. The highest BCUT2D eigenvalue weighted by Gasteiger charge is 2.05. The molecular weight excluding hydrogens is 198 g/mol. The van der Waals surface area contributed by atoms with Gasteiger partial charge in [-0.2, -0.15) is 0 Å². The minimum atomic E-state index is -0.304. The molecule has 0 aliphatic carbocycles. The lowest BCUT2D eigenvalue weighted by atomic mass is 9.97. The first-order chi connectivity index (χ1) is 7.69. The van der Waals surface area contributed by atoms with Crippen molar-refractivity contribution in [2.75, 3.05) is 0 Å². The minimum absolute atomic E-state index is 0.287. The first-order valence-electron chi connectivity index (χ1n) is 5.70. The lowest BCUT2D eigenvalue weighted by molar-refractivity contribution is -0.117.